The van der Waals surface area contributed by atoms with Crippen molar-refractivity contribution in [2.75, 3.05) is 23.0 Å². The van der Waals surface area contributed by atoms with Gasteiger partial charge in [0.05, 0.1) is 17.5 Å². The first-order chi connectivity index (χ1) is 14.2. The summed E-state index contributed by atoms with van der Waals surface area (Å²) < 4.78 is 39.8. The van der Waals surface area contributed by atoms with Gasteiger partial charge in [0, 0.05) is 30.8 Å². The van der Waals surface area contributed by atoms with Crippen molar-refractivity contribution in [3.05, 3.63) is 59.5 Å². The molecule has 0 aliphatic heterocycles. The average molecular weight is 440 g/mol. The van der Waals surface area contributed by atoms with Crippen LogP contribution in [0.1, 0.15) is 5.56 Å². The number of nitrogens with zero attached hydrogens (tertiary/aromatic N) is 3. The third-order valence-electron chi connectivity index (χ3n) is 3.42. The Morgan fingerprint density at radius 3 is 2.57 bits per heavy atom. The predicted molar refractivity (Wildman–Crippen MR) is 111 cm³/mol. The third kappa shape index (κ3) is 6.21. The van der Waals surface area contributed by atoms with E-state index in [1.165, 1.54) is 31.7 Å². The molecule has 12 heteroatoms. The largest absolute Gasteiger partial charge is 0.416 e. The van der Waals surface area contributed by atoms with Gasteiger partial charge < -0.3 is 21.7 Å². The molecule has 0 unspecified atom stereocenters. The van der Waals surface area contributed by atoms with Crippen LogP contribution in [0.4, 0.5) is 36.3 Å². The second kappa shape index (κ2) is 9.74. The summed E-state index contributed by atoms with van der Waals surface area (Å²) in [4.78, 5) is 23.4. The summed E-state index contributed by atoms with van der Waals surface area (Å²) in [6, 6.07) is 2.94. The number of nitrogens with two attached hydrogens (primary N) is 1. The molecule has 0 atom stereocenters. The monoisotopic (exact) mass is 439 g/mol. The number of amides is 1. The predicted octanol–water partition coefficient (Wildman–Crippen LogP) is 3.93. The molecule has 1 heterocycles. The summed E-state index contributed by atoms with van der Waals surface area (Å²) in [6.45, 7) is 3.27. The smallest absolute Gasteiger partial charge is 0.403 e. The number of rotatable bonds is 7. The lowest BCUT2D eigenvalue weighted by atomic mass is 10.1. The minimum Gasteiger partial charge on any atom is -0.403 e. The van der Waals surface area contributed by atoms with Crippen molar-refractivity contribution < 1.29 is 18.0 Å². The van der Waals surface area contributed by atoms with Crippen molar-refractivity contribution in [1.82, 2.24) is 9.97 Å². The topological polar surface area (TPSA) is 117 Å². The molecule has 0 saturated heterocycles. The molecule has 0 spiro atoms. The van der Waals surface area contributed by atoms with Gasteiger partial charge in [-0.15, -0.1) is 0 Å². The van der Waals surface area contributed by atoms with E-state index >= 15 is 0 Å². The fourth-order valence-electron chi connectivity index (χ4n) is 2.17. The number of alkyl halides is 3. The van der Waals surface area contributed by atoms with Gasteiger partial charge in [-0.2, -0.15) is 18.2 Å². The Morgan fingerprint density at radius 1 is 1.27 bits per heavy atom. The highest BCUT2D eigenvalue weighted by molar-refractivity contribution is 6.32. The van der Waals surface area contributed by atoms with Crippen LogP contribution in [0.2, 0.25) is 5.02 Å². The highest BCUT2D eigenvalue weighted by Crippen LogP contribution is 2.35. The number of aliphatic imine (C=N–C) groups is 1. The molecule has 0 fully saturated rings. The van der Waals surface area contributed by atoms with Gasteiger partial charge in [0.25, 0.3) is 0 Å². The highest BCUT2D eigenvalue weighted by Gasteiger charge is 2.31. The zero-order chi connectivity index (χ0) is 22.3. The lowest BCUT2D eigenvalue weighted by Gasteiger charge is -2.15. The van der Waals surface area contributed by atoms with Crippen LogP contribution in [0, 0.1) is 0 Å². The Hall–Kier alpha value is -3.60. The number of hydrogen-bond donors (Lipinski definition) is 4. The molecule has 30 heavy (non-hydrogen) atoms. The summed E-state index contributed by atoms with van der Waals surface area (Å²) in [7, 11) is 1.54. The number of anilines is 4. The number of halogens is 4. The molecule has 1 aromatic heterocycles. The maximum atomic E-state index is 13.3. The molecule has 5 N–H and O–H groups in total. The summed E-state index contributed by atoms with van der Waals surface area (Å²) in [6.07, 6.45) is 0.207. The maximum absolute atomic E-state index is 13.3. The number of aromatic nitrogens is 2. The van der Waals surface area contributed by atoms with E-state index in [1.807, 2.05) is 0 Å². The van der Waals surface area contributed by atoms with Gasteiger partial charge in [-0.1, -0.05) is 18.2 Å². The number of carbonyl (C=O) groups excluding carboxylic acids is 1. The normalized spacial score (nSPS) is 12.0. The SMILES string of the molecule is C=CC(=O)Nc1cc(Nc2nc(N/C(C=NC)=C/N)ncc2Cl)cc(C(F)(F)F)c1. The van der Waals surface area contributed by atoms with Crippen LogP contribution in [0.25, 0.3) is 0 Å². The molecule has 1 aromatic carbocycles. The Kier molecular flexibility index (Phi) is 7.37. The summed E-state index contributed by atoms with van der Waals surface area (Å²) in [5.74, 6) is -0.560. The first kappa shape index (κ1) is 22.7. The van der Waals surface area contributed by atoms with E-state index in [0.717, 1.165) is 18.2 Å². The lowest BCUT2D eigenvalue weighted by molar-refractivity contribution is -0.137. The minimum absolute atomic E-state index is 0.0135. The van der Waals surface area contributed by atoms with Crippen molar-refractivity contribution >= 4 is 46.9 Å². The molecular formula is C18H17ClF3N7O. The highest BCUT2D eigenvalue weighted by atomic mass is 35.5. The van der Waals surface area contributed by atoms with Crippen LogP contribution in [-0.2, 0) is 11.0 Å². The number of hydrogen-bond acceptors (Lipinski definition) is 7. The molecule has 0 aliphatic rings. The van der Waals surface area contributed by atoms with Crippen molar-refractivity contribution in [3.8, 4) is 0 Å². The molecule has 0 saturated carbocycles. The molecule has 2 aromatic rings. The molecule has 0 bridgehead atoms. The Morgan fingerprint density at radius 2 is 1.97 bits per heavy atom. The summed E-state index contributed by atoms with van der Waals surface area (Å²) >= 11 is 6.07. The van der Waals surface area contributed by atoms with Crippen LogP contribution in [0.15, 0.2) is 53.9 Å². The van der Waals surface area contributed by atoms with E-state index in [9.17, 15) is 18.0 Å². The number of carbonyl (C=O) groups is 1. The first-order valence-electron chi connectivity index (χ1n) is 8.22. The van der Waals surface area contributed by atoms with Gasteiger partial charge in [0.1, 0.15) is 5.02 Å². The Labute approximate surface area is 174 Å². The van der Waals surface area contributed by atoms with Gasteiger partial charge >= 0.3 is 6.18 Å². The van der Waals surface area contributed by atoms with Gasteiger partial charge in [0.2, 0.25) is 11.9 Å². The standard InChI is InChI=1S/C18H17ClF3N7O/c1-3-15(30)26-11-4-10(18(20,21)22)5-12(6-11)27-16-14(19)9-25-17(29-16)28-13(7-23)8-24-2/h3-9H,1,23H2,2H3,(H,26,30)(H2,25,27,28,29)/b13-7+,24-8?. The lowest BCUT2D eigenvalue weighted by Crippen LogP contribution is -2.11. The summed E-state index contributed by atoms with van der Waals surface area (Å²) in [5, 5.41) is 7.82. The van der Waals surface area contributed by atoms with Crippen molar-refractivity contribution in [2.45, 2.75) is 6.18 Å². The van der Waals surface area contributed by atoms with Crippen molar-refractivity contribution in [3.63, 3.8) is 0 Å². The van der Waals surface area contributed by atoms with Crippen LogP contribution >= 0.6 is 11.6 Å². The molecule has 1 amide bonds. The van der Waals surface area contributed by atoms with E-state index in [0.29, 0.717) is 5.70 Å². The van der Waals surface area contributed by atoms with Crippen molar-refractivity contribution in [2.24, 2.45) is 10.7 Å². The van der Waals surface area contributed by atoms with Crippen molar-refractivity contribution in [1.29, 1.82) is 0 Å². The first-order valence-corrected chi connectivity index (χ1v) is 8.60. The fraction of sp³-hybridized carbons (Fsp3) is 0.111. The molecule has 0 radical (unpaired) electrons. The maximum Gasteiger partial charge on any atom is 0.416 e. The fourth-order valence-corrected chi connectivity index (χ4v) is 2.30. The van der Waals surface area contributed by atoms with E-state index < -0.39 is 17.6 Å². The molecule has 2 rings (SSSR count). The second-order valence-electron chi connectivity index (χ2n) is 5.64. The average Bonchev–Trinajstić information content (AvgIpc) is 2.69. The van der Waals surface area contributed by atoms with Gasteiger partial charge in [-0.25, -0.2) is 4.98 Å². The summed E-state index contributed by atoms with van der Waals surface area (Å²) in [5.41, 5.74) is 4.76. The van der Waals surface area contributed by atoms with Gasteiger partial charge in [-0.3, -0.25) is 9.79 Å². The third-order valence-corrected chi connectivity index (χ3v) is 3.70. The molecule has 0 aliphatic carbocycles. The molecule has 158 valence electrons. The van der Waals surface area contributed by atoms with Gasteiger partial charge in [0.15, 0.2) is 5.82 Å². The van der Waals surface area contributed by atoms with Crippen LogP contribution < -0.4 is 21.7 Å². The van der Waals surface area contributed by atoms with Crippen LogP contribution in [0.5, 0.6) is 0 Å². The number of benzene rings is 1. The van der Waals surface area contributed by atoms with E-state index in [2.05, 4.69) is 37.5 Å². The Balaban J connectivity index is 2.40. The molecular weight excluding hydrogens is 423 g/mol. The van der Waals surface area contributed by atoms with Crippen LogP contribution in [0.3, 0.4) is 0 Å². The second-order valence-corrected chi connectivity index (χ2v) is 6.05. The van der Waals surface area contributed by atoms with E-state index in [4.69, 9.17) is 17.3 Å². The minimum atomic E-state index is -4.65. The number of allylic oxidation sites excluding steroid dienone is 1. The quantitative estimate of drug-likeness (QED) is 0.383. The zero-order valence-electron chi connectivity index (χ0n) is 15.6. The van der Waals surface area contributed by atoms with Crippen LogP contribution in [-0.4, -0.2) is 29.1 Å². The zero-order valence-corrected chi connectivity index (χ0v) is 16.3. The van der Waals surface area contributed by atoms with E-state index in [1.54, 1.807) is 0 Å². The molecule has 8 nitrogen and oxygen atoms in total. The van der Waals surface area contributed by atoms with Gasteiger partial charge in [-0.05, 0) is 24.3 Å². The Bertz CT molecular complexity index is 1010. The van der Waals surface area contributed by atoms with E-state index in [-0.39, 0.29) is 28.2 Å². The number of nitrogens with one attached hydrogen (secondary N) is 3.